The molecule has 13 heteroatoms. The van der Waals surface area contributed by atoms with Crippen LogP contribution in [0.15, 0.2) is 140 Å². The molecule has 0 aliphatic heterocycles. The summed E-state index contributed by atoms with van der Waals surface area (Å²) >= 11 is 24.2. The third-order valence-corrected chi connectivity index (χ3v) is 10.2. The average Bonchev–Trinajstić information content (AvgIpc) is 3.84. The van der Waals surface area contributed by atoms with Crippen LogP contribution in [0.25, 0.3) is 55.6 Å². The maximum absolute atomic E-state index is 12.7. The molecule has 7 aromatic carbocycles. The first-order valence-corrected chi connectivity index (χ1v) is 19.3. The van der Waals surface area contributed by atoms with Gasteiger partial charge in [0.15, 0.2) is 0 Å². The van der Waals surface area contributed by atoms with Gasteiger partial charge in [-0.25, -0.2) is 9.97 Å². The van der Waals surface area contributed by atoms with Crippen molar-refractivity contribution in [3.05, 3.63) is 171 Å². The second kappa shape index (κ2) is 16.6. The van der Waals surface area contributed by atoms with Crippen LogP contribution in [0.3, 0.4) is 0 Å². The van der Waals surface area contributed by atoms with Crippen LogP contribution in [0.5, 0.6) is 5.75 Å². The van der Waals surface area contributed by atoms with Crippen LogP contribution in [0.1, 0.15) is 20.7 Å². The van der Waals surface area contributed by atoms with E-state index in [1.807, 2.05) is 42.5 Å². The Labute approximate surface area is 351 Å². The van der Waals surface area contributed by atoms with Gasteiger partial charge in [-0.05, 0) is 109 Å². The lowest BCUT2D eigenvalue weighted by Crippen LogP contribution is -2.11. The third kappa shape index (κ3) is 8.34. The standard InChI is InChI=1S/C25H18ClN3O2.C20H12Cl3N3O/c1-31-23-12-10-20(18-7-2-3-8-19(18)23)24-28-21-11-9-15(13-22(21)29-24)25(30)27-17-6-4-5-16(26)14-17;21-12-2-1-3-14(9-12)24-20(27)11-4-7-17-18(8-11)26-19(25-17)15-6-5-13(22)10-16(15)23/h2-14H,1H3,(H,27,30)(H,28,29);1-10H,(H,24,27)(H,25,26). The first-order valence-electron chi connectivity index (χ1n) is 17.8. The van der Waals surface area contributed by atoms with Crippen molar-refractivity contribution in [2.45, 2.75) is 0 Å². The number of fused-ring (bicyclic) bond motifs is 3. The maximum Gasteiger partial charge on any atom is 0.255 e. The number of nitrogens with zero attached hydrogens (tertiary/aromatic N) is 2. The topological polar surface area (TPSA) is 125 Å². The van der Waals surface area contributed by atoms with Crippen LogP contribution in [0.2, 0.25) is 20.1 Å². The summed E-state index contributed by atoms with van der Waals surface area (Å²) in [4.78, 5) is 41.0. The summed E-state index contributed by atoms with van der Waals surface area (Å²) in [6, 6.07) is 41.9. The van der Waals surface area contributed by atoms with Gasteiger partial charge in [-0.2, -0.15) is 0 Å². The molecule has 58 heavy (non-hydrogen) atoms. The number of imidazole rings is 2. The fraction of sp³-hybridized carbons (Fsp3) is 0.0222. The molecule has 0 saturated heterocycles. The highest BCUT2D eigenvalue weighted by atomic mass is 35.5. The molecule has 0 bridgehead atoms. The van der Waals surface area contributed by atoms with Crippen LogP contribution in [0.4, 0.5) is 11.4 Å². The van der Waals surface area contributed by atoms with Gasteiger partial charge in [-0.3, -0.25) is 9.59 Å². The number of carbonyl (C=O) groups is 2. The minimum absolute atomic E-state index is 0.213. The Morgan fingerprint density at radius 1 is 0.534 bits per heavy atom. The molecule has 286 valence electrons. The largest absolute Gasteiger partial charge is 0.496 e. The second-order valence-electron chi connectivity index (χ2n) is 13.0. The lowest BCUT2D eigenvalue weighted by atomic mass is 10.0. The first kappa shape index (κ1) is 38.5. The van der Waals surface area contributed by atoms with Crippen LogP contribution in [-0.4, -0.2) is 38.9 Å². The van der Waals surface area contributed by atoms with Gasteiger partial charge in [-0.15, -0.1) is 0 Å². The summed E-state index contributed by atoms with van der Waals surface area (Å²) in [6.07, 6.45) is 0. The van der Waals surface area contributed by atoms with Crippen molar-refractivity contribution in [1.82, 2.24) is 19.9 Å². The van der Waals surface area contributed by atoms with Gasteiger partial charge in [0.25, 0.3) is 11.8 Å². The van der Waals surface area contributed by atoms with Crippen molar-refractivity contribution < 1.29 is 14.3 Å². The van der Waals surface area contributed by atoms with Gasteiger partial charge >= 0.3 is 0 Å². The number of hydrogen-bond donors (Lipinski definition) is 4. The normalized spacial score (nSPS) is 11.0. The molecule has 0 spiro atoms. The second-order valence-corrected chi connectivity index (χ2v) is 14.8. The molecule has 2 aromatic heterocycles. The number of carbonyl (C=O) groups excluding carboxylic acids is 2. The molecule has 0 unspecified atom stereocenters. The Morgan fingerprint density at radius 3 is 1.59 bits per heavy atom. The highest BCUT2D eigenvalue weighted by molar-refractivity contribution is 6.36. The summed E-state index contributed by atoms with van der Waals surface area (Å²) in [7, 11) is 1.67. The molecule has 0 atom stereocenters. The van der Waals surface area contributed by atoms with Crippen LogP contribution in [-0.2, 0) is 0 Å². The number of aromatic amines is 2. The number of halogens is 4. The average molecular weight is 845 g/mol. The van der Waals surface area contributed by atoms with Crippen LogP contribution < -0.4 is 15.4 Å². The summed E-state index contributed by atoms with van der Waals surface area (Å²) in [6.45, 7) is 0. The number of anilines is 2. The van der Waals surface area contributed by atoms with E-state index in [2.05, 4.69) is 25.6 Å². The molecule has 0 aliphatic rings. The van der Waals surface area contributed by atoms with E-state index in [-0.39, 0.29) is 11.8 Å². The molecular weight excluding hydrogens is 814 g/mol. The van der Waals surface area contributed by atoms with Crippen molar-refractivity contribution in [1.29, 1.82) is 0 Å². The zero-order chi connectivity index (χ0) is 40.3. The number of nitrogens with one attached hydrogen (secondary N) is 4. The highest BCUT2D eigenvalue weighted by Crippen LogP contribution is 2.34. The zero-order valence-corrected chi connectivity index (χ0v) is 33.4. The van der Waals surface area contributed by atoms with Crippen LogP contribution in [0, 0.1) is 0 Å². The molecule has 0 aliphatic carbocycles. The number of ether oxygens (including phenoxy) is 1. The Kier molecular flexibility index (Phi) is 11.0. The van der Waals surface area contributed by atoms with Gasteiger partial charge in [0.1, 0.15) is 17.4 Å². The summed E-state index contributed by atoms with van der Waals surface area (Å²) in [5, 5.41) is 9.93. The fourth-order valence-electron chi connectivity index (χ4n) is 6.43. The van der Waals surface area contributed by atoms with Gasteiger partial charge in [-0.1, -0.05) is 82.8 Å². The minimum Gasteiger partial charge on any atom is -0.496 e. The molecule has 2 amide bonds. The van der Waals surface area contributed by atoms with Crippen LogP contribution >= 0.6 is 46.4 Å². The van der Waals surface area contributed by atoms with E-state index in [4.69, 9.17) is 56.1 Å². The van der Waals surface area contributed by atoms with Gasteiger partial charge in [0.2, 0.25) is 0 Å². The molecule has 9 aromatic rings. The predicted octanol–water partition coefficient (Wildman–Crippen LogP) is 12.7. The van der Waals surface area contributed by atoms with E-state index in [9.17, 15) is 9.59 Å². The van der Waals surface area contributed by atoms with E-state index < -0.39 is 0 Å². The number of benzene rings is 7. The molecule has 9 rings (SSSR count). The monoisotopic (exact) mass is 842 g/mol. The summed E-state index contributed by atoms with van der Waals surface area (Å²) in [5.41, 5.74) is 7.05. The van der Waals surface area contributed by atoms with E-state index in [1.165, 1.54) is 0 Å². The van der Waals surface area contributed by atoms with E-state index in [1.54, 1.807) is 104 Å². The number of methoxy groups -OCH3 is 1. The Bertz CT molecular complexity index is 3020. The van der Waals surface area contributed by atoms with Gasteiger partial charge in [0, 0.05) is 54.1 Å². The number of H-pyrrole nitrogens is 2. The minimum atomic E-state index is -0.236. The number of aromatic nitrogens is 4. The fourth-order valence-corrected chi connectivity index (χ4v) is 7.31. The number of rotatable bonds is 7. The number of hydrogen-bond acceptors (Lipinski definition) is 5. The van der Waals surface area contributed by atoms with Gasteiger partial charge < -0.3 is 25.3 Å². The SMILES string of the molecule is COc1ccc(-c2nc3ccc(C(=O)Nc4cccc(Cl)c4)cc3[nH]2)c2ccccc12.O=C(Nc1cccc(Cl)c1)c1ccc2nc(-c3ccc(Cl)cc3Cl)[nH]c2c1. The molecule has 9 nitrogen and oxygen atoms in total. The van der Waals surface area contributed by atoms with Crippen molar-refractivity contribution in [2.75, 3.05) is 17.7 Å². The predicted molar refractivity (Wildman–Crippen MR) is 236 cm³/mol. The number of amides is 2. The molecule has 0 radical (unpaired) electrons. The lowest BCUT2D eigenvalue weighted by Gasteiger charge is -2.08. The lowest BCUT2D eigenvalue weighted by molar-refractivity contribution is 0.101. The molecule has 0 fully saturated rings. The third-order valence-electron chi connectivity index (χ3n) is 9.20. The Balaban J connectivity index is 0.000000164. The van der Waals surface area contributed by atoms with E-state index in [0.717, 1.165) is 55.5 Å². The summed E-state index contributed by atoms with van der Waals surface area (Å²) < 4.78 is 5.49. The van der Waals surface area contributed by atoms with Gasteiger partial charge in [0.05, 0.1) is 34.2 Å². The molecule has 0 saturated carbocycles. The Morgan fingerprint density at radius 2 is 1.05 bits per heavy atom. The van der Waals surface area contributed by atoms with Crippen molar-refractivity contribution in [3.63, 3.8) is 0 Å². The molecule has 2 heterocycles. The van der Waals surface area contributed by atoms with E-state index in [0.29, 0.717) is 48.4 Å². The maximum atomic E-state index is 12.7. The first-order chi connectivity index (χ1) is 28.1. The Hall–Kier alpha value is -6.36. The van der Waals surface area contributed by atoms with Crippen molar-refractivity contribution in [2.24, 2.45) is 0 Å². The van der Waals surface area contributed by atoms with Crippen molar-refractivity contribution >= 4 is 102 Å². The molecule has 4 N–H and O–H groups in total. The summed E-state index contributed by atoms with van der Waals surface area (Å²) in [5.74, 6) is 1.71. The van der Waals surface area contributed by atoms with Crippen molar-refractivity contribution in [3.8, 4) is 28.5 Å². The molecular formula is C45H30Cl4N6O3. The smallest absolute Gasteiger partial charge is 0.255 e. The van der Waals surface area contributed by atoms with E-state index >= 15 is 0 Å². The quantitative estimate of drug-likeness (QED) is 0.127. The highest BCUT2D eigenvalue weighted by Gasteiger charge is 2.15. The zero-order valence-electron chi connectivity index (χ0n) is 30.4.